The fourth-order valence-corrected chi connectivity index (χ4v) is 6.17. The zero-order chi connectivity index (χ0) is 21.5. The Bertz CT molecular complexity index is 1070. The van der Waals surface area contributed by atoms with Crippen LogP contribution in [0.2, 0.25) is 0 Å². The molecule has 2 aromatic rings. The van der Waals surface area contributed by atoms with Gasteiger partial charge < -0.3 is 4.90 Å². The van der Waals surface area contributed by atoms with Gasteiger partial charge in [-0.25, -0.2) is 8.42 Å². The summed E-state index contributed by atoms with van der Waals surface area (Å²) in [5.74, 6) is 0.0723. The van der Waals surface area contributed by atoms with Crippen molar-refractivity contribution in [3.63, 3.8) is 0 Å². The summed E-state index contributed by atoms with van der Waals surface area (Å²) in [5.41, 5.74) is 4.98. The fourth-order valence-electron chi connectivity index (χ4n) is 4.60. The first-order valence-electron chi connectivity index (χ1n) is 10.7. The second-order valence-electron chi connectivity index (χ2n) is 8.32. The maximum Gasteiger partial charge on any atom is 0.243 e. The molecular weight excluding hydrogens is 400 g/mol. The van der Waals surface area contributed by atoms with Gasteiger partial charge >= 0.3 is 0 Å². The van der Waals surface area contributed by atoms with Gasteiger partial charge in [0.05, 0.1) is 10.6 Å². The van der Waals surface area contributed by atoms with E-state index in [1.165, 1.54) is 0 Å². The Morgan fingerprint density at radius 3 is 2.50 bits per heavy atom. The number of anilines is 1. The lowest BCUT2D eigenvalue weighted by Crippen LogP contribution is -2.35. The molecule has 0 aliphatic carbocycles. The lowest BCUT2D eigenvalue weighted by Gasteiger charge is -2.26. The molecule has 1 aromatic carbocycles. The molecule has 0 N–H and O–H groups in total. The van der Waals surface area contributed by atoms with Crippen LogP contribution >= 0.6 is 0 Å². The van der Waals surface area contributed by atoms with E-state index in [1.807, 2.05) is 25.6 Å². The Kier molecular flexibility index (Phi) is 5.72. The standard InChI is InChI=1S/C22H30N4O3S/c1-16-20(17(2)24(3)23-16)8-10-22(27)26-14-11-18-15-19(7-9-21(18)26)30(28,29)25-12-5-4-6-13-25/h7,9,15H,4-6,8,10-14H2,1-3H3. The maximum atomic E-state index is 13.0. The van der Waals surface area contributed by atoms with Gasteiger partial charge in [-0.2, -0.15) is 9.40 Å². The second kappa shape index (κ2) is 8.15. The van der Waals surface area contributed by atoms with E-state index in [2.05, 4.69) is 5.10 Å². The van der Waals surface area contributed by atoms with Crippen LogP contribution in [-0.4, -0.2) is 48.0 Å². The SMILES string of the molecule is Cc1nn(C)c(C)c1CCC(=O)N1CCc2cc(S(=O)(=O)N3CCCCC3)ccc21. The fraction of sp³-hybridized carbons (Fsp3) is 0.545. The van der Waals surface area contributed by atoms with Gasteiger partial charge in [0.1, 0.15) is 0 Å². The number of nitrogens with zero attached hydrogens (tertiary/aromatic N) is 4. The molecule has 0 unspecified atom stereocenters. The zero-order valence-corrected chi connectivity index (χ0v) is 18.8. The lowest BCUT2D eigenvalue weighted by molar-refractivity contribution is -0.118. The van der Waals surface area contributed by atoms with Crippen LogP contribution in [0.25, 0.3) is 0 Å². The third kappa shape index (κ3) is 3.78. The highest BCUT2D eigenvalue weighted by Crippen LogP contribution is 2.32. The first-order chi connectivity index (χ1) is 14.3. The van der Waals surface area contributed by atoms with Crippen molar-refractivity contribution >= 4 is 21.6 Å². The van der Waals surface area contributed by atoms with E-state index in [-0.39, 0.29) is 5.91 Å². The van der Waals surface area contributed by atoms with Gasteiger partial charge in [-0.15, -0.1) is 0 Å². The van der Waals surface area contributed by atoms with E-state index in [1.54, 1.807) is 27.4 Å². The van der Waals surface area contributed by atoms with E-state index < -0.39 is 10.0 Å². The van der Waals surface area contributed by atoms with Crippen molar-refractivity contribution in [2.45, 2.75) is 57.3 Å². The van der Waals surface area contributed by atoms with Crippen molar-refractivity contribution in [3.05, 3.63) is 40.7 Å². The van der Waals surface area contributed by atoms with Crippen molar-refractivity contribution in [3.8, 4) is 0 Å². The maximum absolute atomic E-state index is 13.0. The van der Waals surface area contributed by atoms with Crippen LogP contribution in [0.1, 0.15) is 48.2 Å². The smallest absolute Gasteiger partial charge is 0.243 e. The summed E-state index contributed by atoms with van der Waals surface area (Å²) < 4.78 is 29.4. The van der Waals surface area contributed by atoms with E-state index in [0.717, 1.165) is 47.5 Å². The predicted molar refractivity (Wildman–Crippen MR) is 116 cm³/mol. The molecule has 162 valence electrons. The van der Waals surface area contributed by atoms with Crippen molar-refractivity contribution in [2.24, 2.45) is 7.05 Å². The third-order valence-electron chi connectivity index (χ3n) is 6.45. The highest BCUT2D eigenvalue weighted by Gasteiger charge is 2.30. The van der Waals surface area contributed by atoms with Gasteiger partial charge in [0.25, 0.3) is 0 Å². The third-order valence-corrected chi connectivity index (χ3v) is 8.34. The molecule has 0 saturated carbocycles. The zero-order valence-electron chi connectivity index (χ0n) is 18.0. The van der Waals surface area contributed by atoms with Crippen molar-refractivity contribution < 1.29 is 13.2 Å². The number of aryl methyl sites for hydroxylation is 2. The molecule has 1 aromatic heterocycles. The van der Waals surface area contributed by atoms with E-state index >= 15 is 0 Å². The van der Waals surface area contributed by atoms with Gasteiger partial charge in [0.15, 0.2) is 0 Å². The van der Waals surface area contributed by atoms with Crippen molar-refractivity contribution in [1.29, 1.82) is 0 Å². The van der Waals surface area contributed by atoms with Crippen LogP contribution in [0.5, 0.6) is 0 Å². The van der Waals surface area contributed by atoms with Crippen molar-refractivity contribution in [2.75, 3.05) is 24.5 Å². The molecular formula is C22H30N4O3S. The molecule has 3 heterocycles. The number of rotatable bonds is 5. The minimum atomic E-state index is -3.45. The summed E-state index contributed by atoms with van der Waals surface area (Å²) in [7, 11) is -1.54. The molecule has 0 spiro atoms. The van der Waals surface area contributed by atoms with Gasteiger partial charge in [0, 0.05) is 44.5 Å². The van der Waals surface area contributed by atoms with E-state index in [4.69, 9.17) is 0 Å². The number of hydrogen-bond acceptors (Lipinski definition) is 4. The van der Waals surface area contributed by atoms with Gasteiger partial charge in [-0.05, 0) is 68.9 Å². The van der Waals surface area contributed by atoms with Crippen LogP contribution in [0, 0.1) is 13.8 Å². The molecule has 2 aliphatic heterocycles. The van der Waals surface area contributed by atoms with Crippen LogP contribution in [0.15, 0.2) is 23.1 Å². The molecule has 1 saturated heterocycles. The topological polar surface area (TPSA) is 75.5 Å². The molecule has 30 heavy (non-hydrogen) atoms. The largest absolute Gasteiger partial charge is 0.312 e. The molecule has 0 radical (unpaired) electrons. The van der Waals surface area contributed by atoms with Crippen LogP contribution in [-0.2, 0) is 34.7 Å². The van der Waals surface area contributed by atoms with Crippen molar-refractivity contribution in [1.82, 2.24) is 14.1 Å². The number of benzene rings is 1. The summed E-state index contributed by atoms with van der Waals surface area (Å²) >= 11 is 0. The summed E-state index contributed by atoms with van der Waals surface area (Å²) in [4.78, 5) is 15.1. The van der Waals surface area contributed by atoms with Crippen LogP contribution in [0.4, 0.5) is 5.69 Å². The minimum absolute atomic E-state index is 0.0723. The molecule has 8 heteroatoms. The molecule has 0 bridgehead atoms. The van der Waals surface area contributed by atoms with E-state index in [0.29, 0.717) is 43.8 Å². The number of carbonyl (C=O) groups is 1. The monoisotopic (exact) mass is 430 g/mol. The first-order valence-corrected chi connectivity index (χ1v) is 12.2. The summed E-state index contributed by atoms with van der Waals surface area (Å²) in [6.07, 6.45) is 4.70. The molecule has 7 nitrogen and oxygen atoms in total. The Morgan fingerprint density at radius 2 is 1.83 bits per heavy atom. The first kappa shape index (κ1) is 21.1. The van der Waals surface area contributed by atoms with Gasteiger partial charge in [-0.3, -0.25) is 9.48 Å². The Labute approximate surface area is 178 Å². The molecule has 1 amide bonds. The van der Waals surface area contributed by atoms with Gasteiger partial charge in [-0.1, -0.05) is 6.42 Å². The molecule has 1 fully saturated rings. The summed E-state index contributed by atoms with van der Waals surface area (Å²) in [6, 6.07) is 5.23. The number of aromatic nitrogens is 2. The quantitative estimate of drug-likeness (QED) is 0.731. The number of amides is 1. The van der Waals surface area contributed by atoms with Crippen LogP contribution < -0.4 is 4.90 Å². The average Bonchev–Trinajstić information content (AvgIpc) is 3.27. The predicted octanol–water partition coefficient (Wildman–Crippen LogP) is 2.73. The number of fused-ring (bicyclic) bond motifs is 1. The number of hydrogen-bond donors (Lipinski definition) is 0. The lowest BCUT2D eigenvalue weighted by atomic mass is 10.1. The molecule has 4 rings (SSSR count). The summed E-state index contributed by atoms with van der Waals surface area (Å²) in [6.45, 7) is 5.79. The minimum Gasteiger partial charge on any atom is -0.312 e. The van der Waals surface area contributed by atoms with E-state index in [9.17, 15) is 13.2 Å². The molecule has 2 aliphatic rings. The van der Waals surface area contributed by atoms with Crippen LogP contribution in [0.3, 0.4) is 0 Å². The number of sulfonamides is 1. The summed E-state index contributed by atoms with van der Waals surface area (Å²) in [5, 5.41) is 4.42. The average molecular weight is 431 g/mol. The second-order valence-corrected chi connectivity index (χ2v) is 10.3. The number of piperidine rings is 1. The molecule has 0 atom stereocenters. The normalized spacial score (nSPS) is 17.4. The Morgan fingerprint density at radius 1 is 1.10 bits per heavy atom. The number of carbonyl (C=O) groups excluding carboxylic acids is 1. The Hall–Kier alpha value is -2.19. The van der Waals surface area contributed by atoms with Gasteiger partial charge in [0.2, 0.25) is 15.9 Å². The highest BCUT2D eigenvalue weighted by molar-refractivity contribution is 7.89. The highest BCUT2D eigenvalue weighted by atomic mass is 32.2. The Balaban J connectivity index is 1.48.